The van der Waals surface area contributed by atoms with Gasteiger partial charge in [-0.25, -0.2) is 4.79 Å². The number of aliphatic carboxylic acids is 2. The number of nitrogens with zero attached hydrogens (tertiary/aromatic N) is 2. The number of benzene rings is 1. The summed E-state index contributed by atoms with van der Waals surface area (Å²) >= 11 is 0.957. The minimum Gasteiger partial charge on any atom is -0.480 e. The Labute approximate surface area is 344 Å². The Morgan fingerprint density at radius 1 is 0.983 bits per heavy atom. The molecule has 6 atom stereocenters. The van der Waals surface area contributed by atoms with Gasteiger partial charge in [-0.3, -0.25) is 38.5 Å². The van der Waals surface area contributed by atoms with Gasteiger partial charge in [-0.1, -0.05) is 84.9 Å². The average Bonchev–Trinajstić information content (AvgIpc) is 3.41. The van der Waals surface area contributed by atoms with Crippen LogP contribution in [0.15, 0.2) is 42.0 Å². The molecule has 17 nitrogen and oxygen atoms in total. The van der Waals surface area contributed by atoms with E-state index in [1.165, 1.54) is 17.9 Å². The molecule has 0 bridgehead atoms. The lowest BCUT2D eigenvalue weighted by Gasteiger charge is -2.40. The number of carboxylic acids is 2. The van der Waals surface area contributed by atoms with Gasteiger partial charge in [0.25, 0.3) is 0 Å². The molecule has 1 aromatic carbocycles. The number of thioether (sulfide) groups is 1. The lowest BCUT2D eigenvalue weighted by molar-refractivity contribution is -0.143. The monoisotopic (exact) mass is 831 g/mol. The van der Waals surface area contributed by atoms with E-state index < -0.39 is 94.2 Å². The molecule has 2 rings (SSSR count). The van der Waals surface area contributed by atoms with Gasteiger partial charge in [0, 0.05) is 43.3 Å². The van der Waals surface area contributed by atoms with E-state index in [1.54, 1.807) is 14.1 Å². The minimum absolute atomic E-state index is 0.0724. The largest absolute Gasteiger partial charge is 0.480 e. The summed E-state index contributed by atoms with van der Waals surface area (Å²) in [5, 5.41) is 28.9. The maximum Gasteiger partial charge on any atom is 0.326 e. The van der Waals surface area contributed by atoms with E-state index in [4.69, 9.17) is 10.8 Å². The first-order chi connectivity index (χ1) is 26.8. The summed E-state index contributed by atoms with van der Waals surface area (Å²) in [7, 11) is 3.26. The zero-order valence-corrected chi connectivity index (χ0v) is 35.9. The second kappa shape index (κ2) is 21.3. The third kappa shape index (κ3) is 13.4. The number of hydrogen-bond donors (Lipinski definition) is 7. The van der Waals surface area contributed by atoms with Crippen molar-refractivity contribution in [2.24, 2.45) is 17.1 Å². The van der Waals surface area contributed by atoms with E-state index in [1.807, 2.05) is 78.8 Å². The number of hydrogen-bond acceptors (Lipinski definition) is 11. The van der Waals surface area contributed by atoms with Gasteiger partial charge in [-0.15, -0.1) is 11.8 Å². The highest BCUT2D eigenvalue weighted by molar-refractivity contribution is 8.00. The predicted molar refractivity (Wildman–Crippen MR) is 219 cm³/mol. The van der Waals surface area contributed by atoms with Gasteiger partial charge in [0.05, 0.1) is 23.8 Å². The number of carboxylic acid groups (broad SMARTS) is 2. The number of likely N-dealkylation sites (tertiary alicyclic amines) is 1. The van der Waals surface area contributed by atoms with E-state index in [0.29, 0.717) is 0 Å². The Hall–Kier alpha value is -4.81. The average molecular weight is 832 g/mol. The summed E-state index contributed by atoms with van der Waals surface area (Å²) in [6.07, 6.45) is 0.734. The molecule has 1 fully saturated rings. The highest BCUT2D eigenvalue weighted by Gasteiger charge is 2.42. The van der Waals surface area contributed by atoms with Crippen molar-refractivity contribution in [3.8, 4) is 0 Å². The Bertz CT molecular complexity index is 1710. The van der Waals surface area contributed by atoms with E-state index in [-0.39, 0.29) is 42.7 Å². The normalized spacial score (nSPS) is 17.6. The molecule has 1 saturated heterocycles. The smallest absolute Gasteiger partial charge is 0.326 e. The van der Waals surface area contributed by atoms with E-state index in [2.05, 4.69) is 21.3 Å². The zero-order chi connectivity index (χ0) is 44.3. The van der Waals surface area contributed by atoms with Crippen LogP contribution in [0.4, 0.5) is 0 Å². The van der Waals surface area contributed by atoms with Crippen LogP contribution in [0, 0.1) is 11.3 Å². The van der Waals surface area contributed by atoms with Crippen LogP contribution in [0.25, 0.3) is 0 Å². The molecule has 18 heteroatoms. The fourth-order valence-corrected chi connectivity index (χ4v) is 7.62. The number of rotatable bonds is 21. The van der Waals surface area contributed by atoms with Gasteiger partial charge in [0.1, 0.15) is 18.1 Å². The van der Waals surface area contributed by atoms with Crippen LogP contribution in [0.2, 0.25) is 0 Å². The number of nitrogens with one attached hydrogen (secondary N) is 4. The number of imide groups is 1. The summed E-state index contributed by atoms with van der Waals surface area (Å²) in [5.41, 5.74) is 5.14. The summed E-state index contributed by atoms with van der Waals surface area (Å²) in [4.78, 5) is 105. The van der Waals surface area contributed by atoms with Gasteiger partial charge in [0.2, 0.25) is 35.4 Å². The first kappa shape index (κ1) is 49.3. The molecule has 1 unspecified atom stereocenters. The third-order valence-electron chi connectivity index (χ3n) is 10.1. The molecule has 1 aromatic rings. The van der Waals surface area contributed by atoms with Crippen LogP contribution in [0.3, 0.4) is 0 Å². The standard InChI is InChI=1S/C40H61N7O10S/c1-22(2)27(46(10)36(53)32(39(4,5)6)45-34(51)31(42-9)40(7,8)24-14-12-11-13-15-24)18-23(3)33(50)44-26(38(56)57)19-29(48)43-16-17-47-30(49)20-28(35(47)52)58-21-25(41)37(54)55/h11-15,18,22,25-28,31-32,42H,16-17,19-21,41H2,1-10H3,(H,43,48)(H,44,50)(H,45,51)(H,54,55)(H,56,57)/b23-18+/t25-,26+,27+,28?,31+,32+/m0/s1. The first-order valence-corrected chi connectivity index (χ1v) is 20.1. The molecule has 0 radical (unpaired) electrons. The van der Waals surface area contributed by atoms with E-state index in [9.17, 15) is 43.5 Å². The molecule has 1 aliphatic heterocycles. The first-order valence-electron chi connectivity index (χ1n) is 19.1. The van der Waals surface area contributed by atoms with Crippen LogP contribution < -0.4 is 27.0 Å². The number of likely N-dealkylation sites (N-methyl/N-ethyl adjacent to an activating group) is 2. The van der Waals surface area contributed by atoms with Crippen LogP contribution in [0.5, 0.6) is 0 Å². The van der Waals surface area contributed by atoms with Crippen LogP contribution >= 0.6 is 11.8 Å². The molecule has 1 heterocycles. The van der Waals surface area contributed by atoms with Crippen molar-refractivity contribution in [1.29, 1.82) is 0 Å². The zero-order valence-electron chi connectivity index (χ0n) is 35.1. The quantitative estimate of drug-likeness (QED) is 0.0671. The van der Waals surface area contributed by atoms with Crippen LogP contribution in [-0.4, -0.2) is 136 Å². The molecule has 1 aliphatic rings. The van der Waals surface area contributed by atoms with E-state index in [0.717, 1.165) is 22.2 Å². The molecular weight excluding hydrogens is 771 g/mol. The minimum atomic E-state index is -1.64. The van der Waals surface area contributed by atoms with Crippen molar-refractivity contribution in [3.05, 3.63) is 47.5 Å². The van der Waals surface area contributed by atoms with Gasteiger partial charge >= 0.3 is 11.9 Å². The Morgan fingerprint density at radius 3 is 2.10 bits per heavy atom. The second-order valence-electron chi connectivity index (χ2n) is 16.4. The summed E-state index contributed by atoms with van der Waals surface area (Å²) in [6, 6.07) is 4.42. The summed E-state index contributed by atoms with van der Waals surface area (Å²) in [6.45, 7) is 14.2. The molecule has 0 aliphatic carbocycles. The second-order valence-corrected chi connectivity index (χ2v) is 17.7. The third-order valence-corrected chi connectivity index (χ3v) is 11.4. The number of amides is 6. The molecule has 58 heavy (non-hydrogen) atoms. The van der Waals surface area contributed by atoms with Crippen LogP contribution in [0.1, 0.15) is 73.8 Å². The molecule has 322 valence electrons. The lowest BCUT2D eigenvalue weighted by atomic mass is 9.76. The maximum absolute atomic E-state index is 14.2. The van der Waals surface area contributed by atoms with E-state index >= 15 is 0 Å². The predicted octanol–water partition coefficient (Wildman–Crippen LogP) is 0.861. The fraction of sp³-hybridized carbons (Fsp3) is 0.600. The van der Waals surface area contributed by atoms with Crippen molar-refractivity contribution in [3.63, 3.8) is 0 Å². The lowest BCUT2D eigenvalue weighted by Crippen LogP contribution is -2.61. The Kier molecular flexibility index (Phi) is 18.1. The molecule has 0 spiro atoms. The highest BCUT2D eigenvalue weighted by Crippen LogP contribution is 2.29. The molecular formula is C40H61N7O10S. The number of carbonyl (C=O) groups is 8. The van der Waals surface area contributed by atoms with Crippen molar-refractivity contribution in [2.45, 2.75) is 109 Å². The van der Waals surface area contributed by atoms with Gasteiger partial charge in [-0.2, -0.15) is 0 Å². The Morgan fingerprint density at radius 2 is 1.59 bits per heavy atom. The van der Waals surface area contributed by atoms with Gasteiger partial charge in [-0.05, 0) is 30.9 Å². The van der Waals surface area contributed by atoms with Crippen molar-refractivity contribution >= 4 is 59.1 Å². The number of carbonyl (C=O) groups excluding carboxylic acids is 6. The Balaban J connectivity index is 2.11. The SMILES string of the molecule is CN[C@H](C(=O)N[C@H](C(=O)N(C)[C@H](/C=C(\C)C(=O)N[C@H](CC(=O)NCCN1C(=O)CC(SC[C@H](N)C(=O)O)C1=O)C(=O)O)C(C)C)C(C)(C)C)C(C)(C)c1ccccc1. The van der Waals surface area contributed by atoms with Gasteiger partial charge < -0.3 is 42.1 Å². The summed E-state index contributed by atoms with van der Waals surface area (Å²) in [5.74, 6) is -6.37. The molecule has 8 N–H and O–H groups in total. The summed E-state index contributed by atoms with van der Waals surface area (Å²) < 4.78 is 0. The fourth-order valence-electron chi connectivity index (χ4n) is 6.51. The highest BCUT2D eigenvalue weighted by atomic mass is 32.2. The van der Waals surface area contributed by atoms with Gasteiger partial charge in [0.15, 0.2) is 0 Å². The molecule has 0 saturated carbocycles. The van der Waals surface area contributed by atoms with Crippen molar-refractivity contribution < 1.29 is 48.6 Å². The molecule has 0 aromatic heterocycles. The molecule has 6 amide bonds. The van der Waals surface area contributed by atoms with Crippen LogP contribution in [-0.2, 0) is 43.8 Å². The maximum atomic E-state index is 14.2. The number of nitrogens with two attached hydrogens (primary N) is 1. The topological polar surface area (TPSA) is 258 Å². The van der Waals surface area contributed by atoms with Crippen molar-refractivity contribution in [2.75, 3.05) is 32.9 Å². The van der Waals surface area contributed by atoms with Crippen molar-refractivity contribution in [1.82, 2.24) is 31.1 Å².